The Hall–Kier alpha value is -0.320. The summed E-state index contributed by atoms with van der Waals surface area (Å²) in [6, 6.07) is 0.287. The molecular weight excluding hydrogens is 274 g/mol. The molecule has 1 rings (SSSR count). The lowest BCUT2D eigenvalue weighted by molar-refractivity contribution is -0.127. The highest BCUT2D eigenvalue weighted by Gasteiger charge is 2.26. The van der Waals surface area contributed by atoms with Gasteiger partial charge in [0.1, 0.15) is 0 Å². The summed E-state index contributed by atoms with van der Waals surface area (Å²) in [6.07, 6.45) is 3.39. The molecule has 0 aliphatic carbocycles. The van der Waals surface area contributed by atoms with Gasteiger partial charge in [-0.1, -0.05) is 13.8 Å². The first-order chi connectivity index (χ1) is 9.08. The van der Waals surface area contributed by atoms with Gasteiger partial charge in [0.05, 0.1) is 6.04 Å². The summed E-state index contributed by atoms with van der Waals surface area (Å²) in [6.45, 7) is 12.6. The van der Waals surface area contributed by atoms with Crippen LogP contribution in [0, 0.1) is 5.92 Å². The van der Waals surface area contributed by atoms with Crippen molar-refractivity contribution in [1.82, 2.24) is 15.5 Å². The van der Waals surface area contributed by atoms with Gasteiger partial charge in [-0.3, -0.25) is 9.69 Å². The Morgan fingerprint density at radius 1 is 1.25 bits per heavy atom. The first-order valence-electron chi connectivity index (χ1n) is 7.83. The number of nitrogens with zero attached hydrogens (tertiary/aromatic N) is 1. The molecule has 1 amide bonds. The summed E-state index contributed by atoms with van der Waals surface area (Å²) < 4.78 is 0. The maximum absolute atomic E-state index is 12.1. The number of nitrogens with one attached hydrogen (secondary N) is 2. The van der Waals surface area contributed by atoms with Gasteiger partial charge in [0.2, 0.25) is 5.91 Å². The SMILES string of the molecule is CCNCC1CCN(C(C)C(=O)NC(C)CC)CC1.Cl. The molecule has 0 saturated carbocycles. The lowest BCUT2D eigenvalue weighted by Crippen LogP contribution is -2.50. The summed E-state index contributed by atoms with van der Waals surface area (Å²) >= 11 is 0. The third-order valence-corrected chi connectivity index (χ3v) is 4.26. The molecule has 0 aromatic rings. The monoisotopic (exact) mass is 305 g/mol. The number of carbonyl (C=O) groups is 1. The van der Waals surface area contributed by atoms with Crippen LogP contribution in [0.25, 0.3) is 0 Å². The zero-order valence-electron chi connectivity index (χ0n) is 13.4. The highest BCUT2D eigenvalue weighted by atomic mass is 35.5. The van der Waals surface area contributed by atoms with Crippen molar-refractivity contribution in [3.63, 3.8) is 0 Å². The van der Waals surface area contributed by atoms with Gasteiger partial charge in [0.15, 0.2) is 0 Å². The highest BCUT2D eigenvalue weighted by molar-refractivity contribution is 5.85. The molecule has 0 aromatic heterocycles. The average molecular weight is 306 g/mol. The lowest BCUT2D eigenvalue weighted by atomic mass is 9.95. The number of hydrogen-bond acceptors (Lipinski definition) is 3. The van der Waals surface area contributed by atoms with Crippen LogP contribution in [0.5, 0.6) is 0 Å². The van der Waals surface area contributed by atoms with Gasteiger partial charge in [-0.25, -0.2) is 0 Å². The number of hydrogen-bond donors (Lipinski definition) is 2. The normalized spacial score (nSPS) is 20.0. The van der Waals surface area contributed by atoms with Crippen molar-refractivity contribution in [2.45, 2.75) is 59.0 Å². The van der Waals surface area contributed by atoms with E-state index in [1.807, 2.05) is 6.92 Å². The summed E-state index contributed by atoms with van der Waals surface area (Å²) in [4.78, 5) is 14.4. The van der Waals surface area contributed by atoms with Crippen LogP contribution in [0.15, 0.2) is 0 Å². The number of piperidine rings is 1. The van der Waals surface area contributed by atoms with Crippen molar-refractivity contribution >= 4 is 18.3 Å². The first-order valence-corrected chi connectivity index (χ1v) is 7.83. The maximum Gasteiger partial charge on any atom is 0.237 e. The fraction of sp³-hybridized carbons (Fsp3) is 0.933. The van der Waals surface area contributed by atoms with Crippen LogP contribution in [0.1, 0.15) is 47.0 Å². The Morgan fingerprint density at radius 3 is 2.35 bits per heavy atom. The minimum Gasteiger partial charge on any atom is -0.352 e. The Balaban J connectivity index is 0.00000361. The molecule has 0 bridgehead atoms. The van der Waals surface area contributed by atoms with Crippen LogP contribution in [0.3, 0.4) is 0 Å². The predicted molar refractivity (Wildman–Crippen MR) is 87.4 cm³/mol. The summed E-state index contributed by atoms with van der Waals surface area (Å²) in [5.74, 6) is 0.959. The quantitative estimate of drug-likeness (QED) is 0.756. The minimum absolute atomic E-state index is 0. The van der Waals surface area contributed by atoms with Crippen molar-refractivity contribution in [3.05, 3.63) is 0 Å². The Labute approximate surface area is 130 Å². The van der Waals surface area contributed by atoms with Crippen LogP contribution >= 0.6 is 12.4 Å². The van der Waals surface area contributed by atoms with Gasteiger partial charge >= 0.3 is 0 Å². The molecule has 1 saturated heterocycles. The molecule has 2 atom stereocenters. The number of carbonyl (C=O) groups excluding carboxylic acids is 1. The fourth-order valence-corrected chi connectivity index (χ4v) is 2.52. The summed E-state index contributed by atoms with van der Waals surface area (Å²) in [7, 11) is 0. The van der Waals surface area contributed by atoms with Gasteiger partial charge < -0.3 is 10.6 Å². The average Bonchev–Trinajstić information content (AvgIpc) is 2.44. The molecule has 2 unspecified atom stereocenters. The van der Waals surface area contributed by atoms with E-state index in [1.165, 1.54) is 12.8 Å². The molecule has 0 radical (unpaired) electrons. The molecule has 0 spiro atoms. The second-order valence-corrected chi connectivity index (χ2v) is 5.78. The van der Waals surface area contributed by atoms with Crippen LogP contribution in [-0.2, 0) is 4.79 Å². The Morgan fingerprint density at radius 2 is 1.85 bits per heavy atom. The van der Waals surface area contributed by atoms with E-state index >= 15 is 0 Å². The molecule has 20 heavy (non-hydrogen) atoms. The third-order valence-electron chi connectivity index (χ3n) is 4.26. The minimum atomic E-state index is 0. The Bertz CT molecular complexity index is 268. The molecule has 1 fully saturated rings. The third kappa shape index (κ3) is 6.42. The van der Waals surface area contributed by atoms with Crippen LogP contribution in [0.4, 0.5) is 0 Å². The van der Waals surface area contributed by atoms with E-state index < -0.39 is 0 Å². The van der Waals surface area contributed by atoms with Crippen molar-refractivity contribution in [2.75, 3.05) is 26.2 Å². The molecule has 0 aromatic carbocycles. The summed E-state index contributed by atoms with van der Waals surface area (Å²) in [5, 5.41) is 6.50. The van der Waals surface area contributed by atoms with Crippen LogP contribution in [-0.4, -0.2) is 49.1 Å². The molecule has 1 heterocycles. The molecule has 120 valence electrons. The molecule has 1 aliphatic rings. The van der Waals surface area contributed by atoms with Crippen molar-refractivity contribution < 1.29 is 4.79 Å². The number of amides is 1. The van der Waals surface area contributed by atoms with E-state index in [1.54, 1.807) is 0 Å². The van der Waals surface area contributed by atoms with E-state index in [4.69, 9.17) is 0 Å². The van der Waals surface area contributed by atoms with Crippen molar-refractivity contribution in [3.8, 4) is 0 Å². The van der Waals surface area contributed by atoms with Crippen molar-refractivity contribution in [2.24, 2.45) is 5.92 Å². The van der Waals surface area contributed by atoms with E-state index in [0.717, 1.165) is 38.5 Å². The number of likely N-dealkylation sites (tertiary alicyclic amines) is 1. The molecule has 2 N–H and O–H groups in total. The second-order valence-electron chi connectivity index (χ2n) is 5.78. The first kappa shape index (κ1) is 19.7. The van der Waals surface area contributed by atoms with Gasteiger partial charge in [0.25, 0.3) is 0 Å². The fourth-order valence-electron chi connectivity index (χ4n) is 2.52. The molecule has 4 nitrogen and oxygen atoms in total. The number of rotatable bonds is 7. The van der Waals surface area contributed by atoms with E-state index in [0.29, 0.717) is 0 Å². The largest absolute Gasteiger partial charge is 0.352 e. The van der Waals surface area contributed by atoms with E-state index in [9.17, 15) is 4.79 Å². The van der Waals surface area contributed by atoms with Gasteiger partial charge in [-0.05, 0) is 65.2 Å². The molecule has 1 aliphatic heterocycles. The smallest absolute Gasteiger partial charge is 0.237 e. The Kier molecular flexibility index (Phi) is 10.2. The van der Waals surface area contributed by atoms with Gasteiger partial charge in [0, 0.05) is 6.04 Å². The molecule has 5 heteroatoms. The van der Waals surface area contributed by atoms with Crippen LogP contribution in [0.2, 0.25) is 0 Å². The van der Waals surface area contributed by atoms with Crippen molar-refractivity contribution in [1.29, 1.82) is 0 Å². The second kappa shape index (κ2) is 10.4. The summed E-state index contributed by atoms with van der Waals surface area (Å²) in [5.41, 5.74) is 0. The number of halogens is 1. The predicted octanol–water partition coefficient (Wildman–Crippen LogP) is 2.03. The van der Waals surface area contributed by atoms with E-state index in [2.05, 4.69) is 36.3 Å². The highest BCUT2D eigenvalue weighted by Crippen LogP contribution is 2.18. The maximum atomic E-state index is 12.1. The zero-order chi connectivity index (χ0) is 14.3. The zero-order valence-corrected chi connectivity index (χ0v) is 14.3. The lowest BCUT2D eigenvalue weighted by Gasteiger charge is -2.35. The molecular formula is C15H32ClN3O. The van der Waals surface area contributed by atoms with Crippen LogP contribution < -0.4 is 10.6 Å². The topological polar surface area (TPSA) is 44.4 Å². The standard InChI is InChI=1S/C15H31N3O.ClH/c1-5-12(3)17-15(19)13(4)18-9-7-14(8-10-18)11-16-6-2;/h12-14,16H,5-11H2,1-4H3,(H,17,19);1H. The van der Waals surface area contributed by atoms with Gasteiger partial charge in [-0.2, -0.15) is 0 Å². The van der Waals surface area contributed by atoms with E-state index in [-0.39, 0.29) is 30.4 Å². The van der Waals surface area contributed by atoms with Gasteiger partial charge in [-0.15, -0.1) is 12.4 Å².